The molecule has 0 aliphatic carbocycles. The molecule has 1 aliphatic rings. The van der Waals surface area contributed by atoms with E-state index in [0.717, 1.165) is 18.0 Å². The molecule has 118 valence electrons. The number of hydrogen-bond acceptors (Lipinski definition) is 2. The fraction of sp³-hybridized carbons (Fsp3) is 0.167. The first-order valence-corrected chi connectivity index (χ1v) is 8.33. The van der Waals surface area contributed by atoms with Crippen LogP contribution in [0.4, 0.5) is 0 Å². The van der Waals surface area contributed by atoms with Crippen molar-refractivity contribution < 1.29 is 26.3 Å². The van der Waals surface area contributed by atoms with Crippen LogP contribution in [0.3, 0.4) is 0 Å². The number of aromatic nitrogens is 2. The van der Waals surface area contributed by atoms with E-state index in [0.29, 0.717) is 0 Å². The van der Waals surface area contributed by atoms with Crippen molar-refractivity contribution in [2.24, 2.45) is 0 Å². The summed E-state index contributed by atoms with van der Waals surface area (Å²) in [5, 5.41) is 1.30. The van der Waals surface area contributed by atoms with Crippen LogP contribution in [0.15, 0.2) is 66.0 Å². The van der Waals surface area contributed by atoms with Gasteiger partial charge in [-0.2, -0.15) is 4.57 Å². The highest BCUT2D eigenvalue weighted by Crippen LogP contribution is 2.29. The maximum atomic E-state index is 5.26. The first kappa shape index (κ1) is 16.1. The lowest BCUT2D eigenvalue weighted by atomic mass is 10.1. The fourth-order valence-corrected chi connectivity index (χ4v) is 3.94. The largest absolute Gasteiger partial charge is 1.00 e. The minimum atomic E-state index is 0. The zero-order chi connectivity index (χ0) is 14.9. The Labute approximate surface area is 150 Å². The molecule has 0 atom stereocenters. The first-order valence-electron chi connectivity index (χ1n) is 7.34. The summed E-state index contributed by atoms with van der Waals surface area (Å²) in [6.45, 7) is 1.06. The molecule has 0 amide bonds. The number of nitrogens with zero attached hydrogens (tertiary/aromatic N) is 2. The molecule has 4 rings (SSSR count). The second-order valence-corrected chi connectivity index (χ2v) is 6.29. The Hall–Kier alpha value is -1.72. The lowest BCUT2D eigenvalue weighted by Gasteiger charge is -2.01. The zero-order valence-corrected chi connectivity index (χ0v) is 15.2. The predicted octanol–water partition coefficient (Wildman–Crippen LogP) is 0.550. The normalized spacial score (nSPS) is 12.6. The van der Waals surface area contributed by atoms with Crippen molar-refractivity contribution in [3.8, 4) is 22.7 Å². The summed E-state index contributed by atoms with van der Waals surface area (Å²) in [5.74, 6) is 2.02. The van der Waals surface area contributed by atoms with Gasteiger partial charge in [-0.1, -0.05) is 18.2 Å². The van der Waals surface area contributed by atoms with Crippen molar-refractivity contribution in [2.75, 3.05) is 12.9 Å². The molecule has 0 saturated carbocycles. The summed E-state index contributed by atoms with van der Waals surface area (Å²) in [6, 6.07) is 18.8. The van der Waals surface area contributed by atoms with Crippen molar-refractivity contribution >= 4 is 11.8 Å². The van der Waals surface area contributed by atoms with Gasteiger partial charge in [-0.3, -0.25) is 0 Å². The van der Waals surface area contributed by atoms with E-state index < -0.39 is 0 Å². The molecule has 0 spiro atoms. The third kappa shape index (κ3) is 2.91. The Bertz CT molecular complexity index is 800. The van der Waals surface area contributed by atoms with E-state index in [2.05, 4.69) is 57.8 Å². The van der Waals surface area contributed by atoms with Gasteiger partial charge >= 0.3 is 5.16 Å². The van der Waals surface area contributed by atoms with E-state index in [1.54, 1.807) is 7.11 Å². The van der Waals surface area contributed by atoms with Gasteiger partial charge in [-0.15, -0.1) is 0 Å². The predicted molar refractivity (Wildman–Crippen MR) is 88.7 cm³/mol. The fourth-order valence-electron chi connectivity index (χ4n) is 2.84. The number of methoxy groups -OCH3 is 1. The van der Waals surface area contributed by atoms with Crippen LogP contribution < -0.4 is 26.3 Å². The van der Waals surface area contributed by atoms with Crippen molar-refractivity contribution in [2.45, 2.75) is 11.7 Å². The SMILES string of the molecule is COc1ccc(-c2cn(-c3ccccc3)c3[n+]2CCS3)cc1.[Br-]. The molecule has 23 heavy (non-hydrogen) atoms. The molecule has 0 unspecified atom stereocenters. The van der Waals surface area contributed by atoms with Gasteiger partial charge in [0.15, 0.2) is 5.69 Å². The number of rotatable bonds is 3. The second kappa shape index (κ2) is 6.81. The van der Waals surface area contributed by atoms with E-state index in [9.17, 15) is 0 Å². The van der Waals surface area contributed by atoms with Crippen molar-refractivity contribution in [1.82, 2.24) is 4.57 Å². The summed E-state index contributed by atoms with van der Waals surface area (Å²) in [6.07, 6.45) is 2.23. The summed E-state index contributed by atoms with van der Waals surface area (Å²) < 4.78 is 9.95. The number of thioether (sulfide) groups is 1. The topological polar surface area (TPSA) is 18.0 Å². The van der Waals surface area contributed by atoms with Gasteiger partial charge in [0.05, 0.1) is 7.11 Å². The standard InChI is InChI=1S/C18H17N2OS.BrH/c1-21-16-9-7-14(8-10-16)17-13-20(15-5-3-2-4-6-15)18-19(17)11-12-22-18;/h2-10,13H,11-12H2,1H3;1H/q+1;/p-1. The Balaban J connectivity index is 0.00000156. The van der Waals surface area contributed by atoms with Crippen LogP contribution in [0, 0.1) is 0 Å². The highest BCUT2D eigenvalue weighted by Gasteiger charge is 2.30. The highest BCUT2D eigenvalue weighted by molar-refractivity contribution is 7.99. The molecular weight excluding hydrogens is 372 g/mol. The van der Waals surface area contributed by atoms with Crippen LogP contribution in [0.1, 0.15) is 0 Å². The summed E-state index contributed by atoms with van der Waals surface area (Å²) in [4.78, 5) is 0. The molecular formula is C18H17BrN2OS. The van der Waals surface area contributed by atoms with E-state index in [1.165, 1.54) is 22.1 Å². The molecule has 1 aliphatic heterocycles. The lowest BCUT2D eigenvalue weighted by Crippen LogP contribution is -3.00. The number of fused-ring (bicyclic) bond motifs is 1. The molecule has 0 fully saturated rings. The Morgan fingerprint density at radius 1 is 1.04 bits per heavy atom. The lowest BCUT2D eigenvalue weighted by molar-refractivity contribution is -0.713. The zero-order valence-electron chi connectivity index (χ0n) is 12.8. The average molecular weight is 389 g/mol. The van der Waals surface area contributed by atoms with Crippen LogP contribution in [0.5, 0.6) is 5.75 Å². The van der Waals surface area contributed by atoms with Crippen LogP contribution in [0.2, 0.25) is 0 Å². The Morgan fingerprint density at radius 2 is 1.78 bits per heavy atom. The van der Waals surface area contributed by atoms with E-state index in [-0.39, 0.29) is 17.0 Å². The molecule has 0 N–H and O–H groups in total. The minimum absolute atomic E-state index is 0. The molecule has 0 bridgehead atoms. The number of ether oxygens (including phenoxy) is 1. The van der Waals surface area contributed by atoms with Gasteiger partial charge in [-0.05, 0) is 48.2 Å². The van der Waals surface area contributed by atoms with Crippen LogP contribution in [0.25, 0.3) is 16.9 Å². The van der Waals surface area contributed by atoms with Crippen molar-refractivity contribution in [3.05, 3.63) is 60.8 Å². The third-order valence-electron chi connectivity index (χ3n) is 3.95. The maximum Gasteiger partial charge on any atom is 0.323 e. The summed E-state index contributed by atoms with van der Waals surface area (Å²) >= 11 is 1.91. The van der Waals surface area contributed by atoms with Crippen molar-refractivity contribution in [3.63, 3.8) is 0 Å². The molecule has 1 aromatic heterocycles. The average Bonchev–Trinajstić information content (AvgIpc) is 3.18. The molecule has 2 heterocycles. The quantitative estimate of drug-likeness (QED) is 0.610. The van der Waals surface area contributed by atoms with Crippen LogP contribution >= 0.6 is 11.8 Å². The highest BCUT2D eigenvalue weighted by atomic mass is 79.9. The van der Waals surface area contributed by atoms with Crippen LogP contribution in [-0.4, -0.2) is 17.4 Å². The van der Waals surface area contributed by atoms with Gasteiger partial charge in [0.25, 0.3) is 0 Å². The van der Waals surface area contributed by atoms with E-state index in [4.69, 9.17) is 4.74 Å². The number of hydrogen-bond donors (Lipinski definition) is 0. The smallest absolute Gasteiger partial charge is 0.323 e. The third-order valence-corrected chi connectivity index (χ3v) is 5.01. The number of benzene rings is 2. The minimum Gasteiger partial charge on any atom is -1.00 e. The Morgan fingerprint density at radius 3 is 2.48 bits per heavy atom. The number of para-hydroxylation sites is 1. The molecule has 3 nitrogen and oxygen atoms in total. The number of halogens is 1. The molecule has 0 saturated heterocycles. The summed E-state index contributed by atoms with van der Waals surface area (Å²) in [7, 11) is 1.70. The second-order valence-electron chi connectivity index (χ2n) is 5.23. The summed E-state index contributed by atoms with van der Waals surface area (Å²) in [5.41, 5.74) is 3.69. The van der Waals surface area contributed by atoms with Crippen LogP contribution in [-0.2, 0) is 6.54 Å². The molecule has 5 heteroatoms. The van der Waals surface area contributed by atoms with Gasteiger partial charge in [0.1, 0.15) is 24.2 Å². The van der Waals surface area contributed by atoms with E-state index in [1.807, 2.05) is 23.9 Å². The van der Waals surface area contributed by atoms with Gasteiger partial charge in [-0.25, -0.2) is 4.57 Å². The maximum absolute atomic E-state index is 5.26. The monoisotopic (exact) mass is 388 g/mol. The molecule has 2 aromatic carbocycles. The molecule has 3 aromatic rings. The Kier molecular flexibility index (Phi) is 4.78. The van der Waals surface area contributed by atoms with Gasteiger partial charge in [0.2, 0.25) is 0 Å². The molecule has 0 radical (unpaired) electrons. The van der Waals surface area contributed by atoms with Gasteiger partial charge < -0.3 is 21.7 Å². The van der Waals surface area contributed by atoms with Crippen molar-refractivity contribution in [1.29, 1.82) is 0 Å². The first-order chi connectivity index (χ1) is 10.9. The van der Waals surface area contributed by atoms with Gasteiger partial charge in [0, 0.05) is 11.3 Å². The van der Waals surface area contributed by atoms with E-state index >= 15 is 0 Å². The number of imidazole rings is 1.